The average Bonchev–Trinajstić information content (AvgIpc) is 3.40. The number of fused-ring (bicyclic) bond motifs is 8. The SMILES string of the molecule is C1=Cc2cc(-c3cccc(-c4c5cc(N6c7ccccc7Cc7ccccc76)ccc5c(-c5cccc6ccccc56)c5cc(N6c7ccccc7Cc7ccccc76)ccc45)c3)ccc2CC1. The van der Waals surface area contributed by atoms with Gasteiger partial charge < -0.3 is 9.80 Å². The molecule has 11 aromatic carbocycles. The molecular weight excluding hydrogens is 821 g/mol. The van der Waals surface area contributed by atoms with Crippen molar-refractivity contribution in [1.29, 1.82) is 0 Å². The Balaban J connectivity index is 1.09. The predicted molar refractivity (Wildman–Crippen MR) is 288 cm³/mol. The molecule has 0 bridgehead atoms. The fraction of sp³-hybridized carbons (Fsp3) is 0.0606. The molecule has 1 aliphatic carbocycles. The Morgan fingerprint density at radius 3 is 1.49 bits per heavy atom. The molecule has 0 N–H and O–H groups in total. The van der Waals surface area contributed by atoms with Gasteiger partial charge in [0.1, 0.15) is 0 Å². The van der Waals surface area contributed by atoms with E-state index in [4.69, 9.17) is 0 Å². The van der Waals surface area contributed by atoms with Gasteiger partial charge in [-0.15, -0.1) is 0 Å². The first-order valence-electron chi connectivity index (χ1n) is 24.1. The average molecular weight is 867 g/mol. The molecule has 2 nitrogen and oxygen atoms in total. The highest BCUT2D eigenvalue weighted by Gasteiger charge is 2.28. The Morgan fingerprint density at radius 1 is 0.324 bits per heavy atom. The Labute approximate surface area is 397 Å². The Bertz CT molecular complexity index is 3800. The Hall–Kier alpha value is -8.46. The van der Waals surface area contributed by atoms with Crippen LogP contribution in [0.1, 0.15) is 39.8 Å². The van der Waals surface area contributed by atoms with Crippen molar-refractivity contribution in [1.82, 2.24) is 0 Å². The number of hydrogen-bond donors (Lipinski definition) is 0. The fourth-order valence-electron chi connectivity index (χ4n) is 11.7. The quantitative estimate of drug-likeness (QED) is 0.159. The Morgan fingerprint density at radius 2 is 0.838 bits per heavy atom. The third kappa shape index (κ3) is 6.18. The zero-order chi connectivity index (χ0) is 44.7. The number of allylic oxidation sites excluding steroid dienone is 1. The van der Waals surface area contributed by atoms with Crippen LogP contribution in [0.25, 0.3) is 71.8 Å². The van der Waals surface area contributed by atoms with Gasteiger partial charge >= 0.3 is 0 Å². The standard InChI is InChI=1S/C66H46N2/c1-2-17-45-37-47(32-31-43(45)15-1)46-23-13-24-52(38-46)65-57-35-33-54(68-63-29-11-6-20-50(63)40-51-21-7-12-30-64(51)68)42-60(57)66(56-26-14-22-44-16-3-8-25-55(44)56)58-36-34-53(41-59(58)65)67-61-27-9-4-18-48(61)39-49-19-5-10-28-62(49)67/h2-14,16-38,41-42H,1,15,39-40H2. The molecule has 11 aromatic rings. The molecule has 0 spiro atoms. The number of benzene rings is 11. The number of nitrogens with zero attached hydrogens (tertiary/aromatic N) is 2. The van der Waals surface area contributed by atoms with Gasteiger partial charge in [-0.3, -0.25) is 0 Å². The van der Waals surface area contributed by atoms with E-state index in [1.54, 1.807) is 0 Å². The second-order valence-corrected chi connectivity index (χ2v) is 18.7. The van der Waals surface area contributed by atoms with E-state index in [1.807, 2.05) is 0 Å². The van der Waals surface area contributed by atoms with Gasteiger partial charge in [-0.2, -0.15) is 0 Å². The zero-order valence-electron chi connectivity index (χ0n) is 37.7. The van der Waals surface area contributed by atoms with Gasteiger partial charge in [0.15, 0.2) is 0 Å². The maximum Gasteiger partial charge on any atom is 0.0497 e. The van der Waals surface area contributed by atoms with Crippen molar-refractivity contribution in [3.8, 4) is 33.4 Å². The Kier molecular flexibility index (Phi) is 8.88. The molecule has 0 saturated heterocycles. The van der Waals surface area contributed by atoms with Crippen molar-refractivity contribution in [3.05, 3.63) is 258 Å². The summed E-state index contributed by atoms with van der Waals surface area (Å²) < 4.78 is 0. The normalized spacial score (nSPS) is 13.5. The second-order valence-electron chi connectivity index (χ2n) is 18.7. The summed E-state index contributed by atoms with van der Waals surface area (Å²) in [5.74, 6) is 0. The topological polar surface area (TPSA) is 6.48 Å². The molecule has 0 fully saturated rings. The molecule has 320 valence electrons. The molecule has 0 saturated carbocycles. The van der Waals surface area contributed by atoms with Crippen molar-refractivity contribution in [2.45, 2.75) is 25.7 Å². The van der Waals surface area contributed by atoms with Gasteiger partial charge in [-0.05, 0) is 173 Å². The van der Waals surface area contributed by atoms with Gasteiger partial charge in [0.25, 0.3) is 0 Å². The zero-order valence-corrected chi connectivity index (χ0v) is 37.7. The number of para-hydroxylation sites is 4. The monoisotopic (exact) mass is 866 g/mol. The summed E-state index contributed by atoms with van der Waals surface area (Å²) in [6, 6.07) is 82.3. The van der Waals surface area contributed by atoms with E-state index < -0.39 is 0 Å². The smallest absolute Gasteiger partial charge is 0.0497 e. The summed E-state index contributed by atoms with van der Waals surface area (Å²) in [6.45, 7) is 0. The maximum atomic E-state index is 2.49. The van der Waals surface area contributed by atoms with Crippen LogP contribution in [0.5, 0.6) is 0 Å². The van der Waals surface area contributed by atoms with E-state index in [0.717, 1.165) is 37.1 Å². The molecule has 2 heteroatoms. The summed E-state index contributed by atoms with van der Waals surface area (Å²) in [5.41, 5.74) is 22.7. The van der Waals surface area contributed by atoms with E-state index in [0.29, 0.717) is 0 Å². The highest BCUT2D eigenvalue weighted by atomic mass is 15.2. The third-order valence-corrected chi connectivity index (χ3v) is 14.9. The fourth-order valence-corrected chi connectivity index (χ4v) is 11.7. The lowest BCUT2D eigenvalue weighted by atomic mass is 9.83. The minimum absolute atomic E-state index is 0.914. The van der Waals surface area contributed by atoms with E-state index in [1.165, 1.54) is 122 Å². The largest absolute Gasteiger partial charge is 0.310 e. The first-order valence-corrected chi connectivity index (χ1v) is 24.1. The molecule has 2 aliphatic heterocycles. The van der Waals surface area contributed by atoms with E-state index >= 15 is 0 Å². The van der Waals surface area contributed by atoms with Crippen molar-refractivity contribution in [2.24, 2.45) is 0 Å². The molecular formula is C66H46N2. The molecule has 0 amide bonds. The lowest BCUT2D eigenvalue weighted by Crippen LogP contribution is -2.18. The van der Waals surface area contributed by atoms with Crippen LogP contribution in [0.2, 0.25) is 0 Å². The molecule has 68 heavy (non-hydrogen) atoms. The second kappa shape index (κ2) is 15.6. The van der Waals surface area contributed by atoms with E-state index in [2.05, 4.69) is 240 Å². The first-order chi connectivity index (χ1) is 33.7. The molecule has 3 aliphatic rings. The number of anilines is 6. The summed E-state index contributed by atoms with van der Waals surface area (Å²) in [4.78, 5) is 4.98. The summed E-state index contributed by atoms with van der Waals surface area (Å²) in [5, 5.41) is 7.39. The lowest BCUT2D eigenvalue weighted by molar-refractivity contribution is 0.986. The molecule has 0 aromatic heterocycles. The number of hydrogen-bond acceptors (Lipinski definition) is 2. The van der Waals surface area contributed by atoms with Crippen LogP contribution in [0.4, 0.5) is 34.1 Å². The molecule has 0 radical (unpaired) electrons. The van der Waals surface area contributed by atoms with E-state index in [-0.39, 0.29) is 0 Å². The van der Waals surface area contributed by atoms with Gasteiger partial charge in [0.05, 0.1) is 0 Å². The summed E-state index contributed by atoms with van der Waals surface area (Å²) in [6.07, 6.45) is 8.64. The van der Waals surface area contributed by atoms with Gasteiger partial charge in [-0.1, -0.05) is 170 Å². The number of aryl methyl sites for hydroxylation is 1. The summed E-state index contributed by atoms with van der Waals surface area (Å²) >= 11 is 0. The van der Waals surface area contributed by atoms with Crippen molar-refractivity contribution in [3.63, 3.8) is 0 Å². The van der Waals surface area contributed by atoms with Crippen molar-refractivity contribution >= 4 is 72.5 Å². The maximum absolute atomic E-state index is 2.49. The van der Waals surface area contributed by atoms with Gasteiger partial charge in [-0.25, -0.2) is 0 Å². The highest BCUT2D eigenvalue weighted by Crippen LogP contribution is 2.52. The first kappa shape index (κ1) is 38.8. The summed E-state index contributed by atoms with van der Waals surface area (Å²) in [7, 11) is 0. The predicted octanol–water partition coefficient (Wildman–Crippen LogP) is 17.9. The van der Waals surface area contributed by atoms with Crippen molar-refractivity contribution in [2.75, 3.05) is 9.80 Å². The number of rotatable bonds is 5. The molecule has 0 atom stereocenters. The van der Waals surface area contributed by atoms with Crippen LogP contribution in [-0.2, 0) is 19.3 Å². The van der Waals surface area contributed by atoms with Gasteiger partial charge in [0.2, 0.25) is 0 Å². The van der Waals surface area contributed by atoms with Gasteiger partial charge in [0, 0.05) is 47.0 Å². The third-order valence-electron chi connectivity index (χ3n) is 14.9. The molecule has 2 heterocycles. The van der Waals surface area contributed by atoms with E-state index in [9.17, 15) is 0 Å². The van der Waals surface area contributed by atoms with Crippen LogP contribution in [0.15, 0.2) is 224 Å². The van der Waals surface area contributed by atoms with Crippen LogP contribution < -0.4 is 9.80 Å². The lowest BCUT2D eigenvalue weighted by Gasteiger charge is -2.34. The van der Waals surface area contributed by atoms with Crippen LogP contribution in [0.3, 0.4) is 0 Å². The van der Waals surface area contributed by atoms with Crippen LogP contribution in [-0.4, -0.2) is 0 Å². The van der Waals surface area contributed by atoms with Crippen molar-refractivity contribution < 1.29 is 0 Å². The van der Waals surface area contributed by atoms with Crippen LogP contribution >= 0.6 is 0 Å². The van der Waals surface area contributed by atoms with Crippen LogP contribution in [0, 0.1) is 0 Å². The highest BCUT2D eigenvalue weighted by molar-refractivity contribution is 6.25. The molecule has 14 rings (SSSR count). The minimum atomic E-state index is 0.914. The molecule has 0 unspecified atom stereocenters. The minimum Gasteiger partial charge on any atom is -0.310 e.